The highest BCUT2D eigenvalue weighted by Crippen LogP contribution is 2.23. The highest BCUT2D eigenvalue weighted by atomic mass is 19.1. The molecule has 0 aliphatic heterocycles. The summed E-state index contributed by atoms with van der Waals surface area (Å²) in [5.74, 6) is -1.96. The number of hydrogen-bond acceptors (Lipinski definition) is 4. The standard InChI is InChI=1S/C10H6FN3O4/c11-7-1-2-8(9(3-7)14(17)18)13-5-6(4-12-13)10(15)16/h1-5H,(H,15,16). The molecule has 0 atom stereocenters. The third-order valence-corrected chi connectivity index (χ3v) is 2.21. The Morgan fingerprint density at radius 3 is 2.78 bits per heavy atom. The van der Waals surface area contributed by atoms with Gasteiger partial charge in [-0.05, 0) is 12.1 Å². The van der Waals surface area contributed by atoms with Crippen LogP contribution in [0.2, 0.25) is 0 Å². The van der Waals surface area contributed by atoms with E-state index < -0.39 is 22.4 Å². The van der Waals surface area contributed by atoms with Gasteiger partial charge in [0.05, 0.1) is 22.7 Å². The first-order valence-corrected chi connectivity index (χ1v) is 4.71. The van der Waals surface area contributed by atoms with E-state index in [1.54, 1.807) is 0 Å². The molecule has 2 rings (SSSR count). The first-order chi connectivity index (χ1) is 8.49. The molecule has 0 spiro atoms. The van der Waals surface area contributed by atoms with E-state index in [1.807, 2.05) is 0 Å². The van der Waals surface area contributed by atoms with Crippen molar-refractivity contribution in [2.75, 3.05) is 0 Å². The third-order valence-electron chi connectivity index (χ3n) is 2.21. The quantitative estimate of drug-likeness (QED) is 0.660. The molecular formula is C10H6FN3O4. The molecule has 8 heteroatoms. The molecule has 0 aliphatic rings. The van der Waals surface area contributed by atoms with Gasteiger partial charge in [-0.15, -0.1) is 0 Å². The second-order valence-corrected chi connectivity index (χ2v) is 3.37. The van der Waals surface area contributed by atoms with Gasteiger partial charge >= 0.3 is 5.97 Å². The van der Waals surface area contributed by atoms with Crippen molar-refractivity contribution < 1.29 is 19.2 Å². The van der Waals surface area contributed by atoms with Gasteiger partial charge in [0.1, 0.15) is 11.5 Å². The van der Waals surface area contributed by atoms with Crippen LogP contribution in [0.25, 0.3) is 5.69 Å². The Morgan fingerprint density at radius 2 is 2.22 bits per heavy atom. The predicted molar refractivity (Wildman–Crippen MR) is 57.1 cm³/mol. The van der Waals surface area contributed by atoms with E-state index in [1.165, 1.54) is 0 Å². The number of benzene rings is 1. The van der Waals surface area contributed by atoms with Crippen molar-refractivity contribution in [1.29, 1.82) is 0 Å². The minimum absolute atomic E-state index is 0.00565. The molecule has 0 amide bonds. The Kier molecular flexibility index (Phi) is 2.76. The maximum atomic E-state index is 12.9. The number of nitrogens with zero attached hydrogens (tertiary/aromatic N) is 3. The second kappa shape index (κ2) is 4.24. The summed E-state index contributed by atoms with van der Waals surface area (Å²) in [5.41, 5.74) is -0.613. The van der Waals surface area contributed by atoms with E-state index >= 15 is 0 Å². The van der Waals surface area contributed by atoms with E-state index in [0.29, 0.717) is 0 Å². The van der Waals surface area contributed by atoms with Crippen LogP contribution in [0, 0.1) is 15.9 Å². The molecule has 0 unspecified atom stereocenters. The van der Waals surface area contributed by atoms with Gasteiger partial charge in [0.15, 0.2) is 0 Å². The SMILES string of the molecule is O=C(O)c1cnn(-c2ccc(F)cc2[N+](=O)[O-])c1. The van der Waals surface area contributed by atoms with Gasteiger partial charge in [-0.3, -0.25) is 10.1 Å². The number of hydrogen-bond donors (Lipinski definition) is 1. The Balaban J connectivity index is 2.55. The molecule has 2 aromatic rings. The van der Waals surface area contributed by atoms with E-state index in [4.69, 9.17) is 5.11 Å². The maximum Gasteiger partial charge on any atom is 0.338 e. The summed E-state index contributed by atoms with van der Waals surface area (Å²) in [5, 5.41) is 23.2. The molecule has 0 saturated heterocycles. The van der Waals surface area contributed by atoms with Gasteiger partial charge in [0.25, 0.3) is 5.69 Å². The molecule has 0 radical (unpaired) electrons. The fourth-order valence-corrected chi connectivity index (χ4v) is 1.40. The number of nitro benzene ring substituents is 1. The fourth-order valence-electron chi connectivity index (χ4n) is 1.40. The van der Waals surface area contributed by atoms with Gasteiger partial charge in [0.2, 0.25) is 0 Å². The zero-order valence-corrected chi connectivity index (χ0v) is 8.78. The average Bonchev–Trinajstić information content (AvgIpc) is 2.78. The Bertz CT molecular complexity index is 638. The Hall–Kier alpha value is -2.77. The summed E-state index contributed by atoms with van der Waals surface area (Å²) >= 11 is 0. The molecule has 0 fully saturated rings. The molecule has 0 bridgehead atoms. The number of nitro groups is 1. The summed E-state index contributed by atoms with van der Waals surface area (Å²) in [4.78, 5) is 20.7. The van der Waals surface area contributed by atoms with Gasteiger partial charge in [-0.2, -0.15) is 5.10 Å². The van der Waals surface area contributed by atoms with Gasteiger partial charge in [0, 0.05) is 6.20 Å². The van der Waals surface area contributed by atoms with Crippen molar-refractivity contribution in [2.45, 2.75) is 0 Å². The van der Waals surface area contributed by atoms with Crippen molar-refractivity contribution in [1.82, 2.24) is 9.78 Å². The number of rotatable bonds is 3. The van der Waals surface area contributed by atoms with Gasteiger partial charge in [-0.25, -0.2) is 13.9 Å². The second-order valence-electron chi connectivity index (χ2n) is 3.37. The zero-order chi connectivity index (χ0) is 13.3. The molecular weight excluding hydrogens is 245 g/mol. The minimum atomic E-state index is -1.20. The Labute approximate surface area is 99.2 Å². The molecule has 1 heterocycles. The third kappa shape index (κ3) is 2.03. The largest absolute Gasteiger partial charge is 0.478 e. The number of carboxylic acid groups (broad SMARTS) is 1. The number of aromatic carboxylic acids is 1. The number of carboxylic acids is 1. The fraction of sp³-hybridized carbons (Fsp3) is 0. The summed E-state index contributed by atoms with van der Waals surface area (Å²) in [7, 11) is 0. The summed E-state index contributed by atoms with van der Waals surface area (Å²) < 4.78 is 13.9. The molecule has 92 valence electrons. The van der Waals surface area contributed by atoms with Crippen molar-refractivity contribution >= 4 is 11.7 Å². The van der Waals surface area contributed by atoms with Crippen LogP contribution in [0.1, 0.15) is 10.4 Å². The van der Waals surface area contributed by atoms with Crippen LogP contribution in [-0.4, -0.2) is 25.8 Å². The van der Waals surface area contributed by atoms with Gasteiger partial charge in [-0.1, -0.05) is 0 Å². The molecule has 0 saturated carbocycles. The molecule has 1 aromatic carbocycles. The highest BCUT2D eigenvalue weighted by Gasteiger charge is 2.18. The lowest BCUT2D eigenvalue weighted by molar-refractivity contribution is -0.384. The van der Waals surface area contributed by atoms with Gasteiger partial charge < -0.3 is 5.11 Å². The highest BCUT2D eigenvalue weighted by molar-refractivity contribution is 5.87. The smallest absolute Gasteiger partial charge is 0.338 e. The minimum Gasteiger partial charge on any atom is -0.478 e. The van der Waals surface area contributed by atoms with Crippen LogP contribution in [-0.2, 0) is 0 Å². The number of aromatic nitrogens is 2. The number of carbonyl (C=O) groups is 1. The van der Waals surface area contributed by atoms with E-state index in [2.05, 4.69) is 5.10 Å². The van der Waals surface area contributed by atoms with E-state index in [0.717, 1.165) is 35.3 Å². The van der Waals surface area contributed by atoms with Crippen LogP contribution in [0.3, 0.4) is 0 Å². The Morgan fingerprint density at radius 1 is 1.50 bits per heavy atom. The van der Waals surface area contributed by atoms with E-state index in [-0.39, 0.29) is 11.3 Å². The normalized spacial score (nSPS) is 10.3. The van der Waals surface area contributed by atoms with Crippen LogP contribution in [0.4, 0.5) is 10.1 Å². The first-order valence-electron chi connectivity index (χ1n) is 4.71. The number of halogens is 1. The maximum absolute atomic E-state index is 12.9. The van der Waals surface area contributed by atoms with Crippen molar-refractivity contribution in [2.24, 2.45) is 0 Å². The van der Waals surface area contributed by atoms with Crippen LogP contribution >= 0.6 is 0 Å². The molecule has 7 nitrogen and oxygen atoms in total. The molecule has 0 aliphatic carbocycles. The molecule has 18 heavy (non-hydrogen) atoms. The lowest BCUT2D eigenvalue weighted by atomic mass is 10.2. The summed E-state index contributed by atoms with van der Waals surface area (Å²) in [6.07, 6.45) is 2.16. The zero-order valence-electron chi connectivity index (χ0n) is 8.78. The molecule has 1 N–H and O–H groups in total. The first kappa shape index (κ1) is 11.7. The van der Waals surface area contributed by atoms with Crippen molar-refractivity contribution in [3.05, 3.63) is 52.1 Å². The average molecular weight is 251 g/mol. The van der Waals surface area contributed by atoms with Crippen LogP contribution in [0.5, 0.6) is 0 Å². The summed E-state index contributed by atoms with van der Waals surface area (Å²) in [6, 6.07) is 2.94. The lowest BCUT2D eigenvalue weighted by Crippen LogP contribution is -2.01. The predicted octanol–water partition coefficient (Wildman–Crippen LogP) is 1.62. The van der Waals surface area contributed by atoms with E-state index in [9.17, 15) is 19.3 Å². The lowest BCUT2D eigenvalue weighted by Gasteiger charge is -2.02. The van der Waals surface area contributed by atoms with Crippen molar-refractivity contribution in [3.63, 3.8) is 0 Å². The molecule has 1 aromatic heterocycles. The van der Waals surface area contributed by atoms with Crippen LogP contribution in [0.15, 0.2) is 30.6 Å². The topological polar surface area (TPSA) is 98.3 Å². The van der Waals surface area contributed by atoms with Crippen LogP contribution < -0.4 is 0 Å². The summed E-state index contributed by atoms with van der Waals surface area (Å²) in [6.45, 7) is 0. The monoisotopic (exact) mass is 251 g/mol. The van der Waals surface area contributed by atoms with Crippen molar-refractivity contribution in [3.8, 4) is 5.69 Å².